The first-order valence-electron chi connectivity index (χ1n) is 8.10. The number of hydrogen-bond acceptors (Lipinski definition) is 0. The molecular weight excluding hydrogens is 204 g/mol. The Morgan fingerprint density at radius 2 is 0.824 bits per heavy atom. The Kier molecular flexibility index (Phi) is 32.7. The Morgan fingerprint density at radius 3 is 0.882 bits per heavy atom. The third-order valence-electron chi connectivity index (χ3n) is 2.55. The van der Waals surface area contributed by atoms with Gasteiger partial charge < -0.3 is 0 Å². The summed E-state index contributed by atoms with van der Waals surface area (Å²) in [7, 11) is 0. The molecule has 0 aromatic carbocycles. The summed E-state index contributed by atoms with van der Waals surface area (Å²) in [4.78, 5) is 0. The zero-order chi connectivity index (χ0) is 13.9. The van der Waals surface area contributed by atoms with E-state index in [2.05, 4.69) is 48.5 Å². The van der Waals surface area contributed by atoms with Crippen LogP contribution in [0, 0.1) is 5.92 Å². The molecule has 0 fully saturated rings. The maximum atomic E-state index is 2.27. The van der Waals surface area contributed by atoms with Gasteiger partial charge >= 0.3 is 0 Å². The highest BCUT2D eigenvalue weighted by molar-refractivity contribution is 4.42. The zero-order valence-electron chi connectivity index (χ0n) is 13.9. The number of unbranched alkanes of at least 4 members (excludes halogenated alkanes) is 5. The summed E-state index contributed by atoms with van der Waals surface area (Å²) in [5, 5.41) is 0. The van der Waals surface area contributed by atoms with Crippen molar-refractivity contribution in [2.24, 2.45) is 5.92 Å². The van der Waals surface area contributed by atoms with Crippen molar-refractivity contribution in [2.75, 3.05) is 0 Å². The molecule has 0 nitrogen and oxygen atoms in total. The highest BCUT2D eigenvalue weighted by atomic mass is 13.9. The van der Waals surface area contributed by atoms with Crippen LogP contribution in [0.5, 0.6) is 0 Å². The smallest absolute Gasteiger partial charge is 0.0471 e. The average Bonchev–Trinajstić information content (AvgIpc) is 2.30. The Hall–Kier alpha value is 0. The topological polar surface area (TPSA) is 0 Å². The zero-order valence-corrected chi connectivity index (χ0v) is 13.9. The predicted octanol–water partition coefficient (Wildman–Crippen LogP) is 7.23. The van der Waals surface area contributed by atoms with Gasteiger partial charge in [-0.1, -0.05) is 106 Å². The van der Waals surface area contributed by atoms with Crippen LogP contribution in [0.25, 0.3) is 0 Å². The van der Waals surface area contributed by atoms with Crippen LogP contribution in [0.2, 0.25) is 0 Å². The summed E-state index contributed by atoms with van der Waals surface area (Å²) in [5.41, 5.74) is 0. The van der Waals surface area contributed by atoms with Crippen molar-refractivity contribution >= 4 is 0 Å². The van der Waals surface area contributed by atoms with Crippen LogP contribution in [0.15, 0.2) is 0 Å². The van der Waals surface area contributed by atoms with Crippen LogP contribution in [-0.4, -0.2) is 0 Å². The van der Waals surface area contributed by atoms with Crippen LogP contribution in [0.3, 0.4) is 0 Å². The quantitative estimate of drug-likeness (QED) is 0.443. The lowest BCUT2D eigenvalue weighted by Crippen LogP contribution is -1.83. The molecule has 108 valence electrons. The van der Waals surface area contributed by atoms with Gasteiger partial charge in [-0.15, -0.1) is 0 Å². The molecule has 0 heteroatoms. The van der Waals surface area contributed by atoms with E-state index >= 15 is 0 Å². The Labute approximate surface area is 113 Å². The van der Waals surface area contributed by atoms with Crippen LogP contribution in [0.4, 0.5) is 0 Å². The molecule has 0 N–H and O–H groups in total. The van der Waals surface area contributed by atoms with E-state index in [1.807, 2.05) is 0 Å². The molecule has 0 amide bonds. The van der Waals surface area contributed by atoms with E-state index in [1.54, 1.807) is 0 Å². The minimum Gasteiger partial charge on any atom is -0.0654 e. The monoisotopic (exact) mass is 244 g/mol. The molecule has 0 unspecified atom stereocenters. The highest BCUT2D eigenvalue weighted by Gasteiger charge is 1.88. The van der Waals surface area contributed by atoms with Gasteiger partial charge in [0.15, 0.2) is 0 Å². The van der Waals surface area contributed by atoms with E-state index in [9.17, 15) is 0 Å². The molecule has 0 heterocycles. The molecule has 0 aromatic heterocycles. The van der Waals surface area contributed by atoms with Gasteiger partial charge in [-0.2, -0.15) is 0 Å². The third-order valence-corrected chi connectivity index (χ3v) is 2.55. The molecule has 0 radical (unpaired) electrons. The first kappa shape index (κ1) is 22.2. The highest BCUT2D eigenvalue weighted by Crippen LogP contribution is 2.04. The summed E-state index contributed by atoms with van der Waals surface area (Å²) >= 11 is 0. The molecule has 17 heavy (non-hydrogen) atoms. The van der Waals surface area contributed by atoms with Crippen molar-refractivity contribution in [3.63, 3.8) is 0 Å². The van der Waals surface area contributed by atoms with Crippen LogP contribution in [0.1, 0.15) is 106 Å². The van der Waals surface area contributed by atoms with E-state index in [0.29, 0.717) is 0 Å². The van der Waals surface area contributed by atoms with Gasteiger partial charge in [0, 0.05) is 0 Å². The molecular formula is C17H40. The second-order valence-electron chi connectivity index (χ2n) is 5.24. The van der Waals surface area contributed by atoms with Crippen molar-refractivity contribution in [1.29, 1.82) is 0 Å². The minimum absolute atomic E-state index is 0.903. The van der Waals surface area contributed by atoms with E-state index in [0.717, 1.165) is 5.92 Å². The van der Waals surface area contributed by atoms with Gasteiger partial charge in [0.25, 0.3) is 0 Å². The summed E-state index contributed by atoms with van der Waals surface area (Å²) in [5.74, 6) is 0.903. The van der Waals surface area contributed by atoms with Gasteiger partial charge in [-0.3, -0.25) is 0 Å². The average molecular weight is 245 g/mol. The van der Waals surface area contributed by atoms with Crippen molar-refractivity contribution in [2.45, 2.75) is 106 Å². The fourth-order valence-electron chi connectivity index (χ4n) is 1.32. The summed E-state index contributed by atoms with van der Waals surface area (Å²) in [6.07, 6.45) is 12.3. The largest absolute Gasteiger partial charge is 0.0654 e. The summed E-state index contributed by atoms with van der Waals surface area (Å²) in [6, 6.07) is 0. The lowest BCUT2D eigenvalue weighted by Gasteiger charge is -1.98. The molecule has 0 aliphatic rings. The van der Waals surface area contributed by atoms with Crippen LogP contribution < -0.4 is 0 Å². The molecule has 0 aliphatic heterocycles. The van der Waals surface area contributed by atoms with Crippen LogP contribution >= 0.6 is 0 Å². The van der Waals surface area contributed by atoms with Gasteiger partial charge in [0.1, 0.15) is 0 Å². The first-order chi connectivity index (χ1) is 8.10. The first-order valence-corrected chi connectivity index (χ1v) is 8.10. The lowest BCUT2D eigenvalue weighted by atomic mass is 10.1. The third kappa shape index (κ3) is 49.0. The Balaban J connectivity index is -0.000000177. The fraction of sp³-hybridized carbons (Fsp3) is 1.00. The van der Waals surface area contributed by atoms with Crippen molar-refractivity contribution < 1.29 is 0 Å². The SMILES string of the molecule is CCCCC.CCCCC.CCCCC(C)C. The predicted molar refractivity (Wildman–Crippen MR) is 84.8 cm³/mol. The molecule has 0 atom stereocenters. The summed E-state index contributed by atoms with van der Waals surface area (Å²) in [6.45, 7) is 15.6. The molecule has 0 spiro atoms. The van der Waals surface area contributed by atoms with Gasteiger partial charge in [0.2, 0.25) is 0 Å². The van der Waals surface area contributed by atoms with Gasteiger partial charge in [-0.25, -0.2) is 0 Å². The maximum absolute atomic E-state index is 2.27. The molecule has 0 saturated heterocycles. The lowest BCUT2D eigenvalue weighted by molar-refractivity contribution is 0.550. The summed E-state index contributed by atoms with van der Waals surface area (Å²) < 4.78 is 0. The van der Waals surface area contributed by atoms with Crippen LogP contribution in [-0.2, 0) is 0 Å². The second kappa shape index (κ2) is 25.0. The molecule has 0 aliphatic carbocycles. The van der Waals surface area contributed by atoms with E-state index < -0.39 is 0 Å². The Bertz CT molecular complexity index is 74.0. The van der Waals surface area contributed by atoms with E-state index in [4.69, 9.17) is 0 Å². The number of rotatable bonds is 7. The van der Waals surface area contributed by atoms with Crippen molar-refractivity contribution in [3.8, 4) is 0 Å². The van der Waals surface area contributed by atoms with E-state index in [-0.39, 0.29) is 0 Å². The Morgan fingerprint density at radius 1 is 0.529 bits per heavy atom. The fourth-order valence-corrected chi connectivity index (χ4v) is 1.32. The minimum atomic E-state index is 0.903. The molecule has 0 aromatic rings. The van der Waals surface area contributed by atoms with E-state index in [1.165, 1.54) is 57.8 Å². The van der Waals surface area contributed by atoms with Gasteiger partial charge in [0.05, 0.1) is 0 Å². The van der Waals surface area contributed by atoms with Gasteiger partial charge in [-0.05, 0) is 5.92 Å². The molecule has 0 rings (SSSR count). The molecule has 0 bridgehead atoms. The maximum Gasteiger partial charge on any atom is -0.0471 e. The van der Waals surface area contributed by atoms with Crippen molar-refractivity contribution in [3.05, 3.63) is 0 Å². The number of hydrogen-bond donors (Lipinski definition) is 0. The standard InChI is InChI=1S/C7H16.2C5H12/c1-4-5-6-7(2)3;2*1-3-5-4-2/h7H,4-6H2,1-3H3;2*3-5H2,1-2H3. The van der Waals surface area contributed by atoms with Crippen molar-refractivity contribution in [1.82, 2.24) is 0 Å². The molecule has 0 saturated carbocycles. The second-order valence-corrected chi connectivity index (χ2v) is 5.24. The normalized spacial score (nSPS) is 9.18.